The number of nitrogens with zero attached hydrogens (tertiary/aromatic N) is 1. The molecule has 1 heterocycles. The third-order valence-electron chi connectivity index (χ3n) is 2.69. The zero-order chi connectivity index (χ0) is 12.5. The lowest BCUT2D eigenvalue weighted by Crippen LogP contribution is -2.29. The van der Waals surface area contributed by atoms with Crippen molar-refractivity contribution in [2.75, 3.05) is 6.61 Å². The highest BCUT2D eigenvalue weighted by atomic mass is 19.3. The molecule has 92 valence electrons. The molecule has 3 nitrogen and oxygen atoms in total. The van der Waals surface area contributed by atoms with E-state index in [2.05, 4.69) is 9.72 Å². The Kier molecular flexibility index (Phi) is 3.09. The second-order valence-corrected chi connectivity index (χ2v) is 4.05. The van der Waals surface area contributed by atoms with Crippen LogP contribution in [0, 0.1) is 0 Å². The van der Waals surface area contributed by atoms with Gasteiger partial charge in [0.25, 0.3) is 0 Å². The van der Waals surface area contributed by atoms with Gasteiger partial charge in [0, 0.05) is 6.20 Å². The third-order valence-corrected chi connectivity index (χ3v) is 2.69. The Balaban J connectivity index is 2.17. The van der Waals surface area contributed by atoms with Gasteiger partial charge in [0.1, 0.15) is 5.69 Å². The highest BCUT2D eigenvalue weighted by Crippen LogP contribution is 2.40. The second kappa shape index (κ2) is 4.39. The second-order valence-electron chi connectivity index (χ2n) is 4.05. The van der Waals surface area contributed by atoms with E-state index in [0.29, 0.717) is 5.92 Å². The molecule has 1 aromatic heterocycles. The Morgan fingerprint density at radius 2 is 2.24 bits per heavy atom. The molecule has 0 bridgehead atoms. The van der Waals surface area contributed by atoms with Gasteiger partial charge in [-0.15, -0.1) is 0 Å². The number of esters is 1. The van der Waals surface area contributed by atoms with Crippen LogP contribution in [-0.4, -0.2) is 17.6 Å². The summed E-state index contributed by atoms with van der Waals surface area (Å²) in [5.41, 5.74) is 0.397. The van der Waals surface area contributed by atoms with Crippen molar-refractivity contribution in [2.45, 2.75) is 31.6 Å². The minimum absolute atomic E-state index is 0.0748. The van der Waals surface area contributed by atoms with E-state index in [4.69, 9.17) is 0 Å². The van der Waals surface area contributed by atoms with Crippen molar-refractivity contribution in [1.29, 1.82) is 0 Å². The Morgan fingerprint density at radius 1 is 1.53 bits per heavy atom. The van der Waals surface area contributed by atoms with Gasteiger partial charge in [0.15, 0.2) is 0 Å². The number of hydrogen-bond acceptors (Lipinski definition) is 3. The first kappa shape index (κ1) is 12.0. The van der Waals surface area contributed by atoms with Crippen molar-refractivity contribution >= 4 is 5.97 Å². The summed E-state index contributed by atoms with van der Waals surface area (Å²) in [6, 6.07) is 2.80. The van der Waals surface area contributed by atoms with Crippen LogP contribution in [0.25, 0.3) is 0 Å². The molecule has 1 aromatic rings. The fourth-order valence-electron chi connectivity index (χ4n) is 1.58. The Morgan fingerprint density at radius 3 is 2.71 bits per heavy atom. The summed E-state index contributed by atoms with van der Waals surface area (Å²) in [5, 5.41) is 0. The number of aromatic nitrogens is 1. The number of rotatable bonds is 4. The van der Waals surface area contributed by atoms with Gasteiger partial charge in [-0.05, 0) is 37.3 Å². The molecule has 0 spiro atoms. The van der Waals surface area contributed by atoms with Crippen molar-refractivity contribution in [2.24, 2.45) is 0 Å². The minimum atomic E-state index is -3.67. The Labute approximate surface area is 97.8 Å². The molecule has 0 atom stereocenters. The number of hydrogen-bond donors (Lipinski definition) is 0. The average molecular weight is 241 g/mol. The fourth-order valence-corrected chi connectivity index (χ4v) is 1.58. The molecule has 0 radical (unpaired) electrons. The van der Waals surface area contributed by atoms with Crippen molar-refractivity contribution in [3.05, 3.63) is 29.6 Å². The normalized spacial score (nSPS) is 15.7. The topological polar surface area (TPSA) is 39.2 Å². The van der Waals surface area contributed by atoms with E-state index in [1.807, 2.05) is 0 Å². The summed E-state index contributed by atoms with van der Waals surface area (Å²) in [6.45, 7) is 1.41. The van der Waals surface area contributed by atoms with Crippen molar-refractivity contribution < 1.29 is 18.3 Å². The van der Waals surface area contributed by atoms with Crippen LogP contribution in [0.2, 0.25) is 0 Å². The first-order valence-corrected chi connectivity index (χ1v) is 5.57. The first-order chi connectivity index (χ1) is 8.05. The Bertz CT molecular complexity index is 413. The molecular formula is C12H13F2NO2. The maximum Gasteiger partial charge on any atom is 0.384 e. The Hall–Kier alpha value is -1.52. The van der Waals surface area contributed by atoms with Gasteiger partial charge in [-0.1, -0.05) is 6.07 Å². The molecule has 1 saturated carbocycles. The van der Waals surface area contributed by atoms with Crippen LogP contribution >= 0.6 is 0 Å². The summed E-state index contributed by atoms with van der Waals surface area (Å²) in [6.07, 6.45) is 3.57. The summed E-state index contributed by atoms with van der Waals surface area (Å²) in [7, 11) is 0. The molecule has 0 aliphatic heterocycles. The number of alkyl halides is 2. The van der Waals surface area contributed by atoms with Crippen LogP contribution in [-0.2, 0) is 15.5 Å². The predicted molar refractivity (Wildman–Crippen MR) is 56.7 cm³/mol. The van der Waals surface area contributed by atoms with E-state index in [-0.39, 0.29) is 6.61 Å². The van der Waals surface area contributed by atoms with E-state index in [9.17, 15) is 13.6 Å². The SMILES string of the molecule is CCOC(=O)C(F)(F)c1ccc(C2CC2)cn1. The molecular weight excluding hydrogens is 228 g/mol. The van der Waals surface area contributed by atoms with E-state index in [1.54, 1.807) is 6.07 Å². The molecule has 0 unspecified atom stereocenters. The minimum Gasteiger partial charge on any atom is -0.461 e. The quantitative estimate of drug-likeness (QED) is 0.760. The highest BCUT2D eigenvalue weighted by molar-refractivity contribution is 5.78. The summed E-state index contributed by atoms with van der Waals surface area (Å²) in [4.78, 5) is 14.7. The first-order valence-electron chi connectivity index (χ1n) is 5.57. The van der Waals surface area contributed by atoms with Gasteiger partial charge in [0.05, 0.1) is 6.61 Å². The zero-order valence-electron chi connectivity index (χ0n) is 9.45. The highest BCUT2D eigenvalue weighted by Gasteiger charge is 2.44. The van der Waals surface area contributed by atoms with Crippen molar-refractivity contribution in [1.82, 2.24) is 4.98 Å². The molecule has 1 aliphatic carbocycles. The van der Waals surface area contributed by atoms with Crippen LogP contribution in [0.5, 0.6) is 0 Å². The fraction of sp³-hybridized carbons (Fsp3) is 0.500. The maximum atomic E-state index is 13.5. The smallest absolute Gasteiger partial charge is 0.384 e. The lowest BCUT2D eigenvalue weighted by molar-refractivity contribution is -0.173. The van der Waals surface area contributed by atoms with Gasteiger partial charge in [-0.2, -0.15) is 8.78 Å². The van der Waals surface area contributed by atoms with E-state index in [1.165, 1.54) is 19.2 Å². The van der Waals surface area contributed by atoms with Gasteiger partial charge in [-0.25, -0.2) is 4.79 Å². The van der Waals surface area contributed by atoms with Crippen LogP contribution in [0.3, 0.4) is 0 Å². The van der Waals surface area contributed by atoms with Crippen molar-refractivity contribution in [3.8, 4) is 0 Å². The molecule has 1 fully saturated rings. The molecule has 5 heteroatoms. The third kappa shape index (κ3) is 2.43. The molecule has 0 saturated heterocycles. The van der Waals surface area contributed by atoms with Crippen LogP contribution in [0.15, 0.2) is 18.3 Å². The summed E-state index contributed by atoms with van der Waals surface area (Å²) < 4.78 is 31.4. The summed E-state index contributed by atoms with van der Waals surface area (Å²) in [5.74, 6) is -4.77. The standard InChI is InChI=1S/C12H13F2NO2/c1-2-17-11(16)12(13,14)10-6-5-9(7-15-10)8-3-4-8/h5-8H,2-4H2,1H3. The number of carbonyl (C=O) groups excluding carboxylic acids is 1. The van der Waals surface area contributed by atoms with Crippen LogP contribution < -0.4 is 0 Å². The maximum absolute atomic E-state index is 13.5. The van der Waals surface area contributed by atoms with Gasteiger partial charge in [0.2, 0.25) is 0 Å². The zero-order valence-corrected chi connectivity index (χ0v) is 9.45. The molecule has 2 rings (SSSR count). The molecule has 0 amide bonds. The van der Waals surface area contributed by atoms with Crippen molar-refractivity contribution in [3.63, 3.8) is 0 Å². The lowest BCUT2D eigenvalue weighted by atomic mass is 10.1. The van der Waals surface area contributed by atoms with E-state index < -0.39 is 17.6 Å². The van der Waals surface area contributed by atoms with Gasteiger partial charge >= 0.3 is 11.9 Å². The van der Waals surface area contributed by atoms with Crippen LogP contribution in [0.1, 0.15) is 36.9 Å². The van der Waals surface area contributed by atoms with E-state index >= 15 is 0 Å². The predicted octanol–water partition coefficient (Wildman–Crippen LogP) is 2.61. The van der Waals surface area contributed by atoms with E-state index in [0.717, 1.165) is 18.4 Å². The monoisotopic (exact) mass is 241 g/mol. The number of halogens is 2. The largest absolute Gasteiger partial charge is 0.461 e. The van der Waals surface area contributed by atoms with Gasteiger partial charge < -0.3 is 4.74 Å². The molecule has 0 aromatic carbocycles. The number of carbonyl (C=O) groups is 1. The average Bonchev–Trinajstić information content (AvgIpc) is 3.13. The molecule has 0 N–H and O–H groups in total. The number of pyridine rings is 1. The lowest BCUT2D eigenvalue weighted by Gasteiger charge is -2.14. The van der Waals surface area contributed by atoms with Gasteiger partial charge in [-0.3, -0.25) is 4.98 Å². The number of ether oxygens (including phenoxy) is 1. The molecule has 1 aliphatic rings. The summed E-state index contributed by atoms with van der Waals surface area (Å²) >= 11 is 0. The molecule has 17 heavy (non-hydrogen) atoms. The van der Waals surface area contributed by atoms with Crippen LogP contribution in [0.4, 0.5) is 8.78 Å².